The van der Waals surface area contributed by atoms with E-state index in [-0.39, 0.29) is 10.3 Å². The Morgan fingerprint density at radius 1 is 1.53 bits per heavy atom. The third kappa shape index (κ3) is 2.51. The SMILES string of the molecule is Cc1n[nH]c(=S)n(N=Cc2ccccn2)c1=O. The zero-order chi connectivity index (χ0) is 12.3. The summed E-state index contributed by atoms with van der Waals surface area (Å²) in [5.74, 6) is 0. The van der Waals surface area contributed by atoms with Crippen LogP contribution in [0, 0.1) is 11.7 Å². The van der Waals surface area contributed by atoms with Crippen LogP contribution in [0.4, 0.5) is 0 Å². The van der Waals surface area contributed by atoms with Crippen molar-refractivity contribution < 1.29 is 0 Å². The Bertz CT molecular complexity index is 658. The van der Waals surface area contributed by atoms with Crippen molar-refractivity contribution in [3.05, 3.63) is 50.9 Å². The number of H-pyrrole nitrogens is 1. The second kappa shape index (κ2) is 4.79. The van der Waals surface area contributed by atoms with E-state index in [4.69, 9.17) is 12.2 Å². The highest BCUT2D eigenvalue weighted by atomic mass is 32.1. The predicted molar refractivity (Wildman–Crippen MR) is 65.6 cm³/mol. The molecule has 6 nitrogen and oxygen atoms in total. The second-order valence-corrected chi connectivity index (χ2v) is 3.62. The van der Waals surface area contributed by atoms with Gasteiger partial charge < -0.3 is 0 Å². The third-order valence-corrected chi connectivity index (χ3v) is 2.27. The molecule has 0 atom stereocenters. The standard InChI is InChI=1S/C10H9N5OS/c1-7-9(16)15(10(17)14-13-7)12-6-8-4-2-3-5-11-8/h2-6H,1H3,(H,14,17). The van der Waals surface area contributed by atoms with Gasteiger partial charge in [0.15, 0.2) is 0 Å². The van der Waals surface area contributed by atoms with Crippen molar-refractivity contribution in [3.63, 3.8) is 0 Å². The molecule has 0 aromatic carbocycles. The molecule has 2 heterocycles. The molecule has 0 unspecified atom stereocenters. The molecule has 0 aliphatic rings. The minimum absolute atomic E-state index is 0.146. The molecule has 2 rings (SSSR count). The Hall–Kier alpha value is -2.15. The minimum atomic E-state index is -0.346. The van der Waals surface area contributed by atoms with Crippen molar-refractivity contribution in [1.29, 1.82) is 0 Å². The first-order valence-corrected chi connectivity index (χ1v) is 5.23. The molecule has 86 valence electrons. The second-order valence-electron chi connectivity index (χ2n) is 3.23. The summed E-state index contributed by atoms with van der Waals surface area (Å²) in [5, 5.41) is 10.3. The number of aromatic nitrogens is 4. The predicted octanol–water partition coefficient (Wildman–Crippen LogP) is 0.887. The van der Waals surface area contributed by atoms with E-state index >= 15 is 0 Å². The maximum atomic E-state index is 11.7. The van der Waals surface area contributed by atoms with Crippen molar-refractivity contribution in [3.8, 4) is 0 Å². The molecule has 0 aliphatic carbocycles. The van der Waals surface area contributed by atoms with Crippen LogP contribution in [-0.4, -0.2) is 26.1 Å². The third-order valence-electron chi connectivity index (χ3n) is 2.01. The first-order valence-electron chi connectivity index (χ1n) is 4.82. The van der Waals surface area contributed by atoms with Crippen LogP contribution < -0.4 is 5.56 Å². The fourth-order valence-electron chi connectivity index (χ4n) is 1.15. The topological polar surface area (TPSA) is 75.9 Å². The van der Waals surface area contributed by atoms with Gasteiger partial charge in [0, 0.05) is 6.20 Å². The first kappa shape index (κ1) is 11.3. The van der Waals surface area contributed by atoms with E-state index in [9.17, 15) is 4.79 Å². The van der Waals surface area contributed by atoms with Crippen molar-refractivity contribution in [1.82, 2.24) is 19.9 Å². The molecule has 2 aromatic rings. The van der Waals surface area contributed by atoms with E-state index in [2.05, 4.69) is 20.3 Å². The fourth-order valence-corrected chi connectivity index (χ4v) is 1.32. The van der Waals surface area contributed by atoms with Gasteiger partial charge >= 0.3 is 0 Å². The van der Waals surface area contributed by atoms with E-state index in [1.165, 1.54) is 6.21 Å². The molecule has 0 saturated heterocycles. The van der Waals surface area contributed by atoms with Crippen molar-refractivity contribution in [2.45, 2.75) is 6.92 Å². The smallest absolute Gasteiger partial charge is 0.265 e. The number of aryl methyl sites for hydroxylation is 1. The number of hydrogen-bond donors (Lipinski definition) is 1. The lowest BCUT2D eigenvalue weighted by Gasteiger charge is -1.98. The van der Waals surface area contributed by atoms with Gasteiger partial charge in [-0.3, -0.25) is 14.9 Å². The van der Waals surface area contributed by atoms with Gasteiger partial charge in [0.1, 0.15) is 5.69 Å². The number of pyridine rings is 1. The number of hydrogen-bond acceptors (Lipinski definition) is 5. The van der Waals surface area contributed by atoms with Gasteiger partial charge in [0.05, 0.1) is 11.9 Å². The van der Waals surface area contributed by atoms with Crippen LogP contribution in [0.3, 0.4) is 0 Å². The van der Waals surface area contributed by atoms with E-state index in [0.29, 0.717) is 11.4 Å². The Labute approximate surface area is 102 Å². The molecule has 0 spiro atoms. The Morgan fingerprint density at radius 3 is 3.06 bits per heavy atom. The summed E-state index contributed by atoms with van der Waals surface area (Å²) in [4.78, 5) is 15.7. The lowest BCUT2D eigenvalue weighted by molar-refractivity contribution is 0.720. The highest BCUT2D eigenvalue weighted by Crippen LogP contribution is 1.90. The van der Waals surface area contributed by atoms with Crippen LogP contribution in [0.2, 0.25) is 0 Å². The summed E-state index contributed by atoms with van der Waals surface area (Å²) < 4.78 is 1.22. The van der Waals surface area contributed by atoms with Crippen LogP contribution in [0.5, 0.6) is 0 Å². The van der Waals surface area contributed by atoms with E-state index in [1.54, 1.807) is 25.3 Å². The summed E-state index contributed by atoms with van der Waals surface area (Å²) in [6, 6.07) is 5.40. The average Bonchev–Trinajstić information content (AvgIpc) is 2.35. The van der Waals surface area contributed by atoms with Gasteiger partial charge in [-0.25, -0.2) is 0 Å². The normalized spacial score (nSPS) is 10.9. The monoisotopic (exact) mass is 247 g/mol. The zero-order valence-corrected chi connectivity index (χ0v) is 9.81. The Kier molecular flexibility index (Phi) is 3.20. The average molecular weight is 247 g/mol. The number of nitrogens with zero attached hydrogens (tertiary/aromatic N) is 4. The largest absolute Gasteiger partial charge is 0.296 e. The van der Waals surface area contributed by atoms with Gasteiger partial charge in [-0.05, 0) is 31.3 Å². The Morgan fingerprint density at radius 2 is 2.35 bits per heavy atom. The lowest BCUT2D eigenvalue weighted by atomic mass is 10.4. The quantitative estimate of drug-likeness (QED) is 0.631. The van der Waals surface area contributed by atoms with Gasteiger partial charge in [-0.15, -0.1) is 0 Å². The van der Waals surface area contributed by atoms with Crippen LogP contribution >= 0.6 is 12.2 Å². The maximum absolute atomic E-state index is 11.7. The van der Waals surface area contributed by atoms with Crippen LogP contribution in [0.25, 0.3) is 0 Å². The zero-order valence-electron chi connectivity index (χ0n) is 8.99. The molecule has 0 aliphatic heterocycles. The molecule has 0 radical (unpaired) electrons. The number of rotatable bonds is 2. The summed E-state index contributed by atoms with van der Waals surface area (Å²) in [7, 11) is 0. The molecule has 7 heteroatoms. The molecule has 0 saturated carbocycles. The molecule has 17 heavy (non-hydrogen) atoms. The number of aromatic amines is 1. The van der Waals surface area contributed by atoms with Crippen LogP contribution in [0.15, 0.2) is 34.3 Å². The molecular formula is C10H9N5OS. The molecule has 0 bridgehead atoms. The molecule has 2 aromatic heterocycles. The van der Waals surface area contributed by atoms with Gasteiger partial charge in [0.25, 0.3) is 5.56 Å². The van der Waals surface area contributed by atoms with Gasteiger partial charge in [0.2, 0.25) is 4.77 Å². The summed E-state index contributed by atoms with van der Waals surface area (Å²) in [6.07, 6.45) is 3.10. The van der Waals surface area contributed by atoms with Gasteiger partial charge in [-0.1, -0.05) is 6.07 Å². The highest BCUT2D eigenvalue weighted by Gasteiger charge is 2.00. The fraction of sp³-hybridized carbons (Fsp3) is 0.100. The highest BCUT2D eigenvalue weighted by molar-refractivity contribution is 7.71. The minimum Gasteiger partial charge on any atom is -0.265 e. The first-order chi connectivity index (χ1) is 8.18. The van der Waals surface area contributed by atoms with Crippen LogP contribution in [-0.2, 0) is 0 Å². The maximum Gasteiger partial charge on any atom is 0.296 e. The molecule has 1 N–H and O–H groups in total. The van der Waals surface area contributed by atoms with Crippen molar-refractivity contribution in [2.75, 3.05) is 0 Å². The molecule has 0 fully saturated rings. The summed E-state index contributed by atoms with van der Waals surface area (Å²) in [6.45, 7) is 1.58. The molecular weight excluding hydrogens is 238 g/mol. The number of nitrogens with one attached hydrogen (secondary N) is 1. The van der Waals surface area contributed by atoms with E-state index in [0.717, 1.165) is 4.68 Å². The summed E-state index contributed by atoms with van der Waals surface area (Å²) in [5.41, 5.74) is 0.598. The van der Waals surface area contributed by atoms with Gasteiger partial charge in [-0.2, -0.15) is 14.9 Å². The Balaban J connectivity index is 2.44. The van der Waals surface area contributed by atoms with E-state index < -0.39 is 0 Å². The molecule has 0 amide bonds. The summed E-state index contributed by atoms with van der Waals surface area (Å²) >= 11 is 4.93. The van der Waals surface area contributed by atoms with Crippen LogP contribution in [0.1, 0.15) is 11.4 Å². The van der Waals surface area contributed by atoms with Crippen molar-refractivity contribution in [2.24, 2.45) is 5.10 Å². The van der Waals surface area contributed by atoms with Crippen molar-refractivity contribution >= 4 is 18.4 Å². The van der Waals surface area contributed by atoms with E-state index in [1.807, 2.05) is 6.07 Å². The lowest BCUT2D eigenvalue weighted by Crippen LogP contribution is -2.22.